The number of hydrogen-bond donors (Lipinski definition) is 0. The molecule has 0 aromatic carbocycles. The van der Waals surface area contributed by atoms with Crippen LogP contribution in [0.3, 0.4) is 0 Å². The summed E-state index contributed by atoms with van der Waals surface area (Å²) in [5, 5.41) is 0. The SMILES string of the molecule is CCC/C=C\C/C=C\CCCC(C)C. The second-order valence-electron chi connectivity index (χ2n) is 4.29. The summed E-state index contributed by atoms with van der Waals surface area (Å²) in [5.41, 5.74) is 0. The molecule has 0 aliphatic heterocycles. The Morgan fingerprint density at radius 2 is 1.57 bits per heavy atom. The van der Waals surface area contributed by atoms with Crippen molar-refractivity contribution in [3.63, 3.8) is 0 Å². The average Bonchev–Trinajstić information content (AvgIpc) is 2.15. The van der Waals surface area contributed by atoms with E-state index in [2.05, 4.69) is 45.1 Å². The lowest BCUT2D eigenvalue weighted by atomic mass is 10.1. The van der Waals surface area contributed by atoms with Crippen LogP contribution in [0.2, 0.25) is 0 Å². The molecule has 14 heavy (non-hydrogen) atoms. The lowest BCUT2D eigenvalue weighted by molar-refractivity contribution is 0.559. The Morgan fingerprint density at radius 1 is 0.929 bits per heavy atom. The monoisotopic (exact) mass is 194 g/mol. The Morgan fingerprint density at radius 3 is 2.14 bits per heavy atom. The van der Waals surface area contributed by atoms with Crippen molar-refractivity contribution >= 4 is 0 Å². The van der Waals surface area contributed by atoms with Crippen molar-refractivity contribution < 1.29 is 0 Å². The molecule has 0 heterocycles. The van der Waals surface area contributed by atoms with Crippen LogP contribution in [-0.2, 0) is 0 Å². The predicted molar refractivity (Wildman–Crippen MR) is 66.5 cm³/mol. The van der Waals surface area contributed by atoms with Gasteiger partial charge in [0.25, 0.3) is 0 Å². The van der Waals surface area contributed by atoms with E-state index in [1.165, 1.54) is 32.1 Å². The van der Waals surface area contributed by atoms with E-state index in [1.807, 2.05) is 0 Å². The molecule has 0 N–H and O–H groups in total. The summed E-state index contributed by atoms with van der Waals surface area (Å²) in [6, 6.07) is 0. The van der Waals surface area contributed by atoms with Gasteiger partial charge in [0.05, 0.1) is 0 Å². The molecule has 0 amide bonds. The lowest BCUT2D eigenvalue weighted by Crippen LogP contribution is -1.84. The van der Waals surface area contributed by atoms with Gasteiger partial charge in [0, 0.05) is 0 Å². The van der Waals surface area contributed by atoms with Gasteiger partial charge in [0.2, 0.25) is 0 Å². The van der Waals surface area contributed by atoms with Crippen molar-refractivity contribution in [2.75, 3.05) is 0 Å². The lowest BCUT2D eigenvalue weighted by Gasteiger charge is -2.00. The largest absolute Gasteiger partial charge is 0.0882 e. The third-order valence-electron chi connectivity index (χ3n) is 2.21. The highest BCUT2D eigenvalue weighted by Gasteiger charge is 1.90. The van der Waals surface area contributed by atoms with Crippen LogP contribution in [0.5, 0.6) is 0 Å². The number of rotatable bonds is 8. The highest BCUT2D eigenvalue weighted by atomic mass is 14.0. The van der Waals surface area contributed by atoms with Gasteiger partial charge >= 0.3 is 0 Å². The van der Waals surface area contributed by atoms with E-state index in [-0.39, 0.29) is 0 Å². The first-order valence-electron chi connectivity index (χ1n) is 6.07. The molecule has 0 spiro atoms. The molecule has 0 atom stereocenters. The van der Waals surface area contributed by atoms with Crippen LogP contribution in [0.25, 0.3) is 0 Å². The van der Waals surface area contributed by atoms with Crippen LogP contribution in [0.4, 0.5) is 0 Å². The Bertz CT molecular complexity index is 151. The fraction of sp³-hybridized carbons (Fsp3) is 0.714. The van der Waals surface area contributed by atoms with E-state index in [4.69, 9.17) is 0 Å². The highest BCUT2D eigenvalue weighted by Crippen LogP contribution is 2.06. The van der Waals surface area contributed by atoms with E-state index >= 15 is 0 Å². The quantitative estimate of drug-likeness (QED) is 0.372. The summed E-state index contributed by atoms with van der Waals surface area (Å²) in [7, 11) is 0. The van der Waals surface area contributed by atoms with Crippen molar-refractivity contribution in [3.8, 4) is 0 Å². The van der Waals surface area contributed by atoms with Gasteiger partial charge in [-0.25, -0.2) is 0 Å². The molecule has 0 unspecified atom stereocenters. The van der Waals surface area contributed by atoms with Gasteiger partial charge in [0.1, 0.15) is 0 Å². The van der Waals surface area contributed by atoms with E-state index in [0.29, 0.717) is 0 Å². The third-order valence-corrected chi connectivity index (χ3v) is 2.21. The van der Waals surface area contributed by atoms with Crippen LogP contribution in [-0.4, -0.2) is 0 Å². The minimum Gasteiger partial charge on any atom is -0.0882 e. The maximum atomic E-state index is 2.32. The van der Waals surface area contributed by atoms with E-state index in [1.54, 1.807) is 0 Å². The molecule has 0 nitrogen and oxygen atoms in total. The number of unbranched alkanes of at least 4 members (excludes halogenated alkanes) is 2. The van der Waals surface area contributed by atoms with Gasteiger partial charge < -0.3 is 0 Å². The molecule has 0 heteroatoms. The van der Waals surface area contributed by atoms with Crippen LogP contribution in [0.15, 0.2) is 24.3 Å². The first-order valence-corrected chi connectivity index (χ1v) is 6.07. The second-order valence-corrected chi connectivity index (χ2v) is 4.29. The minimum absolute atomic E-state index is 0.854. The summed E-state index contributed by atoms with van der Waals surface area (Å²) >= 11 is 0. The van der Waals surface area contributed by atoms with Gasteiger partial charge in [-0.2, -0.15) is 0 Å². The summed E-state index contributed by atoms with van der Waals surface area (Å²) in [6.07, 6.45) is 16.7. The number of allylic oxidation sites excluding steroid dienone is 4. The maximum Gasteiger partial charge on any atom is -0.0169 e. The van der Waals surface area contributed by atoms with Crippen LogP contribution < -0.4 is 0 Å². The summed E-state index contributed by atoms with van der Waals surface area (Å²) in [5.74, 6) is 0.854. The second kappa shape index (κ2) is 10.6. The summed E-state index contributed by atoms with van der Waals surface area (Å²) < 4.78 is 0. The molecule has 0 radical (unpaired) electrons. The zero-order valence-corrected chi connectivity index (χ0v) is 10.1. The molecular formula is C14H26. The smallest absolute Gasteiger partial charge is 0.0169 e. The molecule has 0 aliphatic carbocycles. The molecule has 0 saturated heterocycles. The molecule has 82 valence electrons. The molecule has 0 bridgehead atoms. The molecule has 0 aromatic heterocycles. The summed E-state index contributed by atoms with van der Waals surface area (Å²) in [6.45, 7) is 6.79. The van der Waals surface area contributed by atoms with Crippen molar-refractivity contribution in [2.24, 2.45) is 5.92 Å². The number of hydrogen-bond acceptors (Lipinski definition) is 0. The fourth-order valence-corrected chi connectivity index (χ4v) is 1.32. The van der Waals surface area contributed by atoms with Crippen molar-refractivity contribution in [2.45, 2.75) is 59.3 Å². The van der Waals surface area contributed by atoms with Gasteiger partial charge in [-0.15, -0.1) is 0 Å². The molecule has 0 saturated carbocycles. The first-order chi connectivity index (χ1) is 6.77. The van der Waals surface area contributed by atoms with E-state index < -0.39 is 0 Å². The summed E-state index contributed by atoms with van der Waals surface area (Å²) in [4.78, 5) is 0. The van der Waals surface area contributed by atoms with Crippen LogP contribution in [0.1, 0.15) is 59.3 Å². The Balaban J connectivity index is 3.19. The van der Waals surface area contributed by atoms with Gasteiger partial charge in [0.15, 0.2) is 0 Å². The Labute approximate surface area is 90.1 Å². The normalized spacial score (nSPS) is 12.3. The molecular weight excluding hydrogens is 168 g/mol. The average molecular weight is 194 g/mol. The predicted octanol–water partition coefficient (Wildman–Crippen LogP) is 5.12. The standard InChI is InChI=1S/C14H26/c1-4-5-6-7-8-9-10-11-12-13-14(2)3/h6-7,9-10,14H,4-5,8,11-13H2,1-3H3/b7-6-,10-9-. The Kier molecular flexibility index (Phi) is 10.2. The van der Waals surface area contributed by atoms with Crippen molar-refractivity contribution in [1.29, 1.82) is 0 Å². The zero-order chi connectivity index (χ0) is 10.6. The fourth-order valence-electron chi connectivity index (χ4n) is 1.32. The van der Waals surface area contributed by atoms with Gasteiger partial charge in [-0.3, -0.25) is 0 Å². The van der Waals surface area contributed by atoms with Gasteiger partial charge in [-0.1, -0.05) is 57.9 Å². The molecule has 0 aromatic rings. The molecule has 0 fully saturated rings. The topological polar surface area (TPSA) is 0 Å². The van der Waals surface area contributed by atoms with Crippen molar-refractivity contribution in [1.82, 2.24) is 0 Å². The third kappa shape index (κ3) is 11.5. The van der Waals surface area contributed by atoms with Crippen LogP contribution >= 0.6 is 0 Å². The van der Waals surface area contributed by atoms with E-state index in [9.17, 15) is 0 Å². The van der Waals surface area contributed by atoms with E-state index in [0.717, 1.165) is 12.3 Å². The Hall–Kier alpha value is -0.520. The minimum atomic E-state index is 0.854. The first kappa shape index (κ1) is 13.5. The maximum absolute atomic E-state index is 2.32. The van der Waals surface area contributed by atoms with Gasteiger partial charge in [-0.05, 0) is 31.6 Å². The zero-order valence-electron chi connectivity index (χ0n) is 10.1. The van der Waals surface area contributed by atoms with Crippen molar-refractivity contribution in [3.05, 3.63) is 24.3 Å². The molecule has 0 rings (SSSR count). The molecule has 0 aliphatic rings. The van der Waals surface area contributed by atoms with Crippen LogP contribution in [0, 0.1) is 5.92 Å². The highest BCUT2D eigenvalue weighted by molar-refractivity contribution is 4.92.